The van der Waals surface area contributed by atoms with E-state index in [1.165, 1.54) is 13.0 Å². The molecule has 0 saturated carbocycles. The number of benzene rings is 1. The van der Waals surface area contributed by atoms with Crippen LogP contribution in [0, 0.1) is 0 Å². The highest BCUT2D eigenvalue weighted by molar-refractivity contribution is 14.0. The highest BCUT2D eigenvalue weighted by atomic mass is 127. The highest BCUT2D eigenvalue weighted by Crippen LogP contribution is 2.28. The van der Waals surface area contributed by atoms with Crippen LogP contribution in [0.3, 0.4) is 0 Å². The standard InChI is InChI=1S/C25H45N5O2.HI/c1-6-14-30-15-12-22(13-16-30)28-25(26-7-2)27-20-21-10-11-23(24(19-21)31-5)32-18-17-29(8-3)9-4;/h10-11,19,22H,6-9,12-18,20H2,1-5H3,(H2,26,27,28);1H. The van der Waals surface area contributed by atoms with Gasteiger partial charge in [-0.25, -0.2) is 4.99 Å². The first kappa shape index (κ1) is 29.8. The van der Waals surface area contributed by atoms with Gasteiger partial charge in [-0.1, -0.05) is 26.8 Å². The molecule has 2 N–H and O–H groups in total. The summed E-state index contributed by atoms with van der Waals surface area (Å²) in [6.07, 6.45) is 3.56. The van der Waals surface area contributed by atoms with Crippen molar-refractivity contribution in [1.82, 2.24) is 20.4 Å². The van der Waals surface area contributed by atoms with Gasteiger partial charge in [-0.05, 0) is 63.5 Å². The number of nitrogens with zero attached hydrogens (tertiary/aromatic N) is 3. The van der Waals surface area contributed by atoms with Crippen molar-refractivity contribution < 1.29 is 9.47 Å². The molecule has 0 atom stereocenters. The molecule has 0 spiro atoms. The Bertz CT molecular complexity index is 677. The molecule has 0 bridgehead atoms. The maximum Gasteiger partial charge on any atom is 0.191 e. The van der Waals surface area contributed by atoms with Gasteiger partial charge in [0.15, 0.2) is 17.5 Å². The average molecular weight is 576 g/mol. The summed E-state index contributed by atoms with van der Waals surface area (Å²) < 4.78 is 11.6. The van der Waals surface area contributed by atoms with E-state index in [2.05, 4.69) is 54.2 Å². The van der Waals surface area contributed by atoms with Gasteiger partial charge in [0.25, 0.3) is 0 Å². The smallest absolute Gasteiger partial charge is 0.191 e. The van der Waals surface area contributed by atoms with Crippen molar-refractivity contribution in [2.45, 2.75) is 59.5 Å². The summed E-state index contributed by atoms with van der Waals surface area (Å²) in [5.41, 5.74) is 1.10. The summed E-state index contributed by atoms with van der Waals surface area (Å²) in [5.74, 6) is 2.44. The first-order valence-corrected chi connectivity index (χ1v) is 12.4. The number of likely N-dealkylation sites (N-methyl/N-ethyl adjacent to an activating group) is 1. The van der Waals surface area contributed by atoms with E-state index in [0.717, 1.165) is 75.1 Å². The van der Waals surface area contributed by atoms with Crippen molar-refractivity contribution in [2.24, 2.45) is 4.99 Å². The Kier molecular flexibility index (Phi) is 15.5. The second-order valence-corrected chi connectivity index (χ2v) is 8.32. The largest absolute Gasteiger partial charge is 0.493 e. The van der Waals surface area contributed by atoms with E-state index >= 15 is 0 Å². The molecular weight excluding hydrogens is 529 g/mol. The monoisotopic (exact) mass is 575 g/mol. The molecule has 1 heterocycles. The molecule has 1 aromatic carbocycles. The SMILES string of the molecule is CCCN1CCC(NC(=NCc2ccc(OCCN(CC)CC)c(OC)c2)NCC)CC1.I. The van der Waals surface area contributed by atoms with E-state index in [1.807, 2.05) is 12.1 Å². The lowest BCUT2D eigenvalue weighted by molar-refractivity contribution is 0.206. The summed E-state index contributed by atoms with van der Waals surface area (Å²) in [7, 11) is 1.69. The summed E-state index contributed by atoms with van der Waals surface area (Å²) >= 11 is 0. The van der Waals surface area contributed by atoms with E-state index in [-0.39, 0.29) is 24.0 Å². The molecule has 2 rings (SSSR count). The van der Waals surface area contributed by atoms with Gasteiger partial charge < -0.3 is 29.9 Å². The molecule has 1 aromatic rings. The zero-order valence-corrected chi connectivity index (χ0v) is 23.7. The Morgan fingerprint density at radius 1 is 1.12 bits per heavy atom. The molecule has 1 aliphatic rings. The van der Waals surface area contributed by atoms with Gasteiger partial charge in [-0.2, -0.15) is 0 Å². The van der Waals surface area contributed by atoms with Crippen molar-refractivity contribution in [3.63, 3.8) is 0 Å². The van der Waals surface area contributed by atoms with E-state index in [9.17, 15) is 0 Å². The number of ether oxygens (including phenoxy) is 2. The molecule has 1 aliphatic heterocycles. The molecule has 190 valence electrons. The number of nitrogens with one attached hydrogen (secondary N) is 2. The van der Waals surface area contributed by atoms with E-state index in [4.69, 9.17) is 14.5 Å². The predicted octanol–water partition coefficient (Wildman–Crippen LogP) is 3.96. The molecule has 0 aromatic heterocycles. The number of guanidine groups is 1. The fourth-order valence-corrected chi connectivity index (χ4v) is 4.05. The molecule has 33 heavy (non-hydrogen) atoms. The lowest BCUT2D eigenvalue weighted by atomic mass is 10.1. The third-order valence-corrected chi connectivity index (χ3v) is 6.02. The van der Waals surface area contributed by atoms with Crippen molar-refractivity contribution >= 4 is 29.9 Å². The molecule has 1 fully saturated rings. The second kappa shape index (κ2) is 17.2. The van der Waals surface area contributed by atoms with Crippen LogP contribution in [0.1, 0.15) is 52.5 Å². The van der Waals surface area contributed by atoms with Crippen LogP contribution >= 0.6 is 24.0 Å². The normalized spacial score (nSPS) is 15.3. The van der Waals surface area contributed by atoms with Crippen molar-refractivity contribution in [2.75, 3.05) is 59.5 Å². The topological polar surface area (TPSA) is 61.4 Å². The molecule has 7 nitrogen and oxygen atoms in total. The number of aliphatic imine (C=N–C) groups is 1. The molecule has 8 heteroatoms. The zero-order chi connectivity index (χ0) is 23.2. The van der Waals surface area contributed by atoms with Crippen LogP contribution in [-0.2, 0) is 6.54 Å². The van der Waals surface area contributed by atoms with Gasteiger partial charge in [0, 0.05) is 32.2 Å². The average Bonchev–Trinajstić information content (AvgIpc) is 2.82. The van der Waals surface area contributed by atoms with Gasteiger partial charge in [0.2, 0.25) is 0 Å². The lowest BCUT2D eigenvalue weighted by Crippen LogP contribution is -2.48. The van der Waals surface area contributed by atoms with Gasteiger partial charge >= 0.3 is 0 Å². The van der Waals surface area contributed by atoms with Crippen LogP contribution in [0.2, 0.25) is 0 Å². The summed E-state index contributed by atoms with van der Waals surface area (Å²) in [6.45, 7) is 17.3. The first-order chi connectivity index (χ1) is 15.6. The molecule has 0 amide bonds. The third kappa shape index (κ3) is 10.7. The number of hydrogen-bond donors (Lipinski definition) is 2. The van der Waals surface area contributed by atoms with Crippen LogP contribution < -0.4 is 20.1 Å². The molecule has 0 aliphatic carbocycles. The maximum absolute atomic E-state index is 5.98. The number of halogens is 1. The van der Waals surface area contributed by atoms with Crippen LogP contribution in [0.15, 0.2) is 23.2 Å². The summed E-state index contributed by atoms with van der Waals surface area (Å²) in [6, 6.07) is 6.58. The van der Waals surface area contributed by atoms with Gasteiger partial charge in [-0.15, -0.1) is 24.0 Å². The van der Waals surface area contributed by atoms with E-state index < -0.39 is 0 Å². The minimum atomic E-state index is 0. The molecular formula is C25H46IN5O2. The first-order valence-electron chi connectivity index (χ1n) is 12.4. The van der Waals surface area contributed by atoms with E-state index in [0.29, 0.717) is 19.2 Å². The van der Waals surface area contributed by atoms with Crippen LogP contribution in [0.4, 0.5) is 0 Å². The Morgan fingerprint density at radius 3 is 2.45 bits per heavy atom. The van der Waals surface area contributed by atoms with Crippen LogP contribution in [0.25, 0.3) is 0 Å². The molecule has 0 unspecified atom stereocenters. The quantitative estimate of drug-likeness (QED) is 0.211. The fourth-order valence-electron chi connectivity index (χ4n) is 4.05. The number of piperidine rings is 1. The minimum Gasteiger partial charge on any atom is -0.493 e. The predicted molar refractivity (Wildman–Crippen MR) is 149 cm³/mol. The highest BCUT2D eigenvalue weighted by Gasteiger charge is 2.19. The zero-order valence-electron chi connectivity index (χ0n) is 21.4. The number of rotatable bonds is 13. The van der Waals surface area contributed by atoms with Crippen molar-refractivity contribution in [1.29, 1.82) is 0 Å². The minimum absolute atomic E-state index is 0. The number of methoxy groups -OCH3 is 1. The van der Waals surface area contributed by atoms with E-state index in [1.54, 1.807) is 7.11 Å². The second-order valence-electron chi connectivity index (χ2n) is 8.32. The van der Waals surface area contributed by atoms with Crippen molar-refractivity contribution in [3.05, 3.63) is 23.8 Å². The Balaban J connectivity index is 0.00000544. The number of hydrogen-bond acceptors (Lipinski definition) is 5. The Hall–Kier alpha value is -1.26. The third-order valence-electron chi connectivity index (χ3n) is 6.02. The fraction of sp³-hybridized carbons (Fsp3) is 0.720. The van der Waals surface area contributed by atoms with Crippen LogP contribution in [-0.4, -0.2) is 81.3 Å². The van der Waals surface area contributed by atoms with Gasteiger partial charge in [0.1, 0.15) is 6.61 Å². The Morgan fingerprint density at radius 2 is 1.85 bits per heavy atom. The van der Waals surface area contributed by atoms with Crippen LogP contribution in [0.5, 0.6) is 11.5 Å². The summed E-state index contributed by atoms with van der Waals surface area (Å²) in [4.78, 5) is 9.72. The van der Waals surface area contributed by atoms with Crippen molar-refractivity contribution in [3.8, 4) is 11.5 Å². The molecule has 1 saturated heterocycles. The maximum atomic E-state index is 5.98. The Labute approximate surface area is 218 Å². The summed E-state index contributed by atoms with van der Waals surface area (Å²) in [5, 5.41) is 7.02. The molecule has 0 radical (unpaired) electrons. The number of likely N-dealkylation sites (tertiary alicyclic amines) is 1. The van der Waals surface area contributed by atoms with Gasteiger partial charge in [-0.3, -0.25) is 0 Å². The van der Waals surface area contributed by atoms with Gasteiger partial charge in [0.05, 0.1) is 13.7 Å². The lowest BCUT2D eigenvalue weighted by Gasteiger charge is -2.32.